The fourth-order valence-electron chi connectivity index (χ4n) is 5.72. The molecule has 2 rings (SSSR count). The normalized spacial score (nSPS) is 17.6. The number of nitrogens with one attached hydrogen (secondary N) is 1. The number of carbonyl (C=O) groups excluding carboxylic acids is 4. The van der Waals surface area contributed by atoms with Crippen LogP contribution >= 0.6 is 0 Å². The molecule has 1 saturated heterocycles. The average Bonchev–Trinajstić information content (AvgIpc) is 3.45. The molecule has 1 aliphatic rings. The van der Waals surface area contributed by atoms with Crippen molar-refractivity contribution >= 4 is 23.9 Å². The summed E-state index contributed by atoms with van der Waals surface area (Å²) < 4.78 is 33.6. The monoisotopic (exact) mass is 721 g/mol. The molecule has 1 aromatic rings. The van der Waals surface area contributed by atoms with Gasteiger partial charge in [0.05, 0.1) is 36.7 Å². The second-order valence-corrected chi connectivity index (χ2v) is 15.8. The lowest BCUT2D eigenvalue weighted by Crippen LogP contribution is -2.47. The summed E-state index contributed by atoms with van der Waals surface area (Å²) >= 11 is 0. The van der Waals surface area contributed by atoms with Crippen LogP contribution < -0.4 is 20.5 Å². The number of rotatable bonds is 20. The van der Waals surface area contributed by atoms with Crippen LogP contribution in [0.2, 0.25) is 0 Å². The maximum absolute atomic E-state index is 13.5. The minimum Gasteiger partial charge on any atom is -0.493 e. The molecule has 0 saturated carbocycles. The first-order chi connectivity index (χ1) is 23.8. The fraction of sp³-hybridized carbons (Fsp3) is 0.737. The number of hydrogen-bond donors (Lipinski definition) is 2. The highest BCUT2D eigenvalue weighted by Gasteiger charge is 2.43. The molecule has 290 valence electrons. The van der Waals surface area contributed by atoms with E-state index in [-0.39, 0.29) is 36.9 Å². The van der Waals surface area contributed by atoms with E-state index in [9.17, 15) is 19.2 Å². The highest BCUT2D eigenvalue weighted by Crippen LogP contribution is 2.36. The zero-order chi connectivity index (χ0) is 38.5. The number of esters is 1. The number of ether oxygens (including phenoxy) is 6. The topological polar surface area (TPSA) is 165 Å². The molecular formula is C38H63N3O10. The Morgan fingerprint density at radius 1 is 0.961 bits per heavy atom. The van der Waals surface area contributed by atoms with Crippen LogP contribution in [0.25, 0.3) is 0 Å². The SMILES string of the molecule is COCCCOc1cc(CC(CC2C(CC(C(=O)NCC(C)(C)C(N)=O)C(C)C)OCN2C(=O)OCOC(=O)C(C)(C)C)C(C)C)ccc1OC. The molecule has 13 heteroatoms. The van der Waals surface area contributed by atoms with Crippen molar-refractivity contribution in [2.24, 2.45) is 40.2 Å². The molecule has 51 heavy (non-hydrogen) atoms. The molecule has 1 aromatic carbocycles. The molecule has 4 atom stereocenters. The highest BCUT2D eigenvalue weighted by molar-refractivity contribution is 5.83. The molecule has 4 unspecified atom stereocenters. The maximum atomic E-state index is 13.5. The second-order valence-electron chi connectivity index (χ2n) is 15.8. The van der Waals surface area contributed by atoms with Gasteiger partial charge in [0, 0.05) is 32.6 Å². The Labute approximate surface area is 304 Å². The lowest BCUT2D eigenvalue weighted by atomic mass is 9.80. The van der Waals surface area contributed by atoms with Gasteiger partial charge >= 0.3 is 12.1 Å². The minimum absolute atomic E-state index is 0.0463. The van der Waals surface area contributed by atoms with E-state index in [0.29, 0.717) is 44.0 Å². The van der Waals surface area contributed by atoms with Gasteiger partial charge in [0.15, 0.2) is 11.5 Å². The van der Waals surface area contributed by atoms with E-state index in [2.05, 4.69) is 19.2 Å². The van der Waals surface area contributed by atoms with Crippen molar-refractivity contribution in [1.82, 2.24) is 10.2 Å². The zero-order valence-corrected chi connectivity index (χ0v) is 32.7. The third-order valence-electron chi connectivity index (χ3n) is 9.44. The van der Waals surface area contributed by atoms with Gasteiger partial charge in [-0.1, -0.05) is 33.8 Å². The molecule has 0 aliphatic carbocycles. The average molecular weight is 722 g/mol. The van der Waals surface area contributed by atoms with E-state index in [1.807, 2.05) is 32.0 Å². The first-order valence-electron chi connectivity index (χ1n) is 17.9. The van der Waals surface area contributed by atoms with Crippen LogP contribution in [0.3, 0.4) is 0 Å². The highest BCUT2D eigenvalue weighted by atomic mass is 16.7. The molecule has 1 heterocycles. The van der Waals surface area contributed by atoms with Crippen LogP contribution in [0.4, 0.5) is 4.79 Å². The number of methoxy groups -OCH3 is 2. The van der Waals surface area contributed by atoms with Crippen LogP contribution in [-0.4, -0.2) is 88.4 Å². The molecule has 1 fully saturated rings. The van der Waals surface area contributed by atoms with Crippen LogP contribution in [0.15, 0.2) is 18.2 Å². The third-order valence-corrected chi connectivity index (χ3v) is 9.44. The molecule has 3 N–H and O–H groups in total. The van der Waals surface area contributed by atoms with Crippen molar-refractivity contribution in [3.05, 3.63) is 23.8 Å². The van der Waals surface area contributed by atoms with E-state index < -0.39 is 53.7 Å². The summed E-state index contributed by atoms with van der Waals surface area (Å²) in [6.45, 7) is 17.3. The molecule has 0 aromatic heterocycles. The Balaban J connectivity index is 2.35. The molecule has 1 aliphatic heterocycles. The summed E-state index contributed by atoms with van der Waals surface area (Å²) in [7, 11) is 3.26. The smallest absolute Gasteiger partial charge is 0.414 e. The van der Waals surface area contributed by atoms with Gasteiger partial charge in [-0.3, -0.25) is 19.3 Å². The van der Waals surface area contributed by atoms with Crippen molar-refractivity contribution in [1.29, 1.82) is 0 Å². The van der Waals surface area contributed by atoms with E-state index in [4.69, 9.17) is 34.2 Å². The van der Waals surface area contributed by atoms with Gasteiger partial charge in [0.25, 0.3) is 0 Å². The molecule has 13 nitrogen and oxygen atoms in total. The zero-order valence-electron chi connectivity index (χ0n) is 32.7. The molecule has 3 amide bonds. The molecule has 0 spiro atoms. The van der Waals surface area contributed by atoms with Gasteiger partial charge in [0.1, 0.15) is 6.73 Å². The Kier molecular flexibility index (Phi) is 17.0. The largest absolute Gasteiger partial charge is 0.493 e. The number of benzene rings is 1. The molecule has 0 radical (unpaired) electrons. The molecular weight excluding hydrogens is 658 g/mol. The van der Waals surface area contributed by atoms with E-state index in [1.54, 1.807) is 48.8 Å². The Bertz CT molecular complexity index is 1290. The summed E-state index contributed by atoms with van der Waals surface area (Å²) in [5.41, 5.74) is 4.91. The second kappa shape index (κ2) is 19.9. The lowest BCUT2D eigenvalue weighted by molar-refractivity contribution is -0.162. The number of nitrogens with zero attached hydrogens (tertiary/aromatic N) is 1. The van der Waals surface area contributed by atoms with Crippen LogP contribution in [0, 0.1) is 34.5 Å². The maximum Gasteiger partial charge on any atom is 0.414 e. The predicted octanol–water partition coefficient (Wildman–Crippen LogP) is 5.32. The number of amides is 3. The Morgan fingerprint density at radius 2 is 1.65 bits per heavy atom. The standard InChI is InChI=1S/C38H63N3O10/c1-24(2)27(17-26-13-14-30(47-11)32(18-26)48-16-12-15-46-10)19-29-31(20-28(25(3)4)33(42)40-21-38(8,9)34(39)43)49-22-41(29)36(45)51-23-50-35(44)37(5,6)7/h13-14,18,24-25,27-29,31H,12,15-17,19-23H2,1-11H3,(H2,39,43)(H,40,42). The quantitative estimate of drug-likeness (QED) is 0.102. The fourth-order valence-corrected chi connectivity index (χ4v) is 5.72. The van der Waals surface area contributed by atoms with Gasteiger partial charge in [-0.15, -0.1) is 0 Å². The van der Waals surface area contributed by atoms with Crippen LogP contribution in [-0.2, 0) is 39.8 Å². The first-order valence-corrected chi connectivity index (χ1v) is 17.9. The third kappa shape index (κ3) is 13.5. The summed E-state index contributed by atoms with van der Waals surface area (Å²) in [6, 6.07) is 5.46. The van der Waals surface area contributed by atoms with Gasteiger partial charge in [-0.05, 0) is 89.3 Å². The van der Waals surface area contributed by atoms with E-state index >= 15 is 0 Å². The number of carbonyl (C=O) groups is 4. The minimum atomic E-state index is -0.915. The van der Waals surface area contributed by atoms with Crippen molar-refractivity contribution in [2.45, 2.75) is 100 Å². The van der Waals surface area contributed by atoms with Crippen molar-refractivity contribution in [3.8, 4) is 11.5 Å². The first kappa shape index (κ1) is 43.6. The van der Waals surface area contributed by atoms with Crippen molar-refractivity contribution < 1.29 is 47.6 Å². The predicted molar refractivity (Wildman–Crippen MR) is 193 cm³/mol. The van der Waals surface area contributed by atoms with Gasteiger partial charge < -0.3 is 39.5 Å². The van der Waals surface area contributed by atoms with Gasteiger partial charge in [0.2, 0.25) is 18.6 Å². The number of hydrogen-bond acceptors (Lipinski definition) is 10. The van der Waals surface area contributed by atoms with Crippen LogP contribution in [0.5, 0.6) is 11.5 Å². The number of nitrogens with two attached hydrogens (primary N) is 1. The Hall–Kier alpha value is -3.58. The van der Waals surface area contributed by atoms with Gasteiger partial charge in [-0.2, -0.15) is 0 Å². The van der Waals surface area contributed by atoms with Crippen LogP contribution in [0.1, 0.15) is 87.1 Å². The summed E-state index contributed by atoms with van der Waals surface area (Å²) in [4.78, 5) is 52.7. The number of primary amides is 1. The van der Waals surface area contributed by atoms with E-state index in [0.717, 1.165) is 12.0 Å². The van der Waals surface area contributed by atoms with Crippen molar-refractivity contribution in [3.63, 3.8) is 0 Å². The molecule has 0 bridgehead atoms. The lowest BCUT2D eigenvalue weighted by Gasteiger charge is -2.33. The summed E-state index contributed by atoms with van der Waals surface area (Å²) in [5.74, 6) is -0.158. The van der Waals surface area contributed by atoms with Gasteiger partial charge in [-0.25, -0.2) is 4.79 Å². The summed E-state index contributed by atoms with van der Waals surface area (Å²) in [6.07, 6.45) is 1.14. The Morgan fingerprint density at radius 3 is 2.22 bits per heavy atom. The summed E-state index contributed by atoms with van der Waals surface area (Å²) in [5, 5.41) is 2.91. The van der Waals surface area contributed by atoms with Crippen molar-refractivity contribution in [2.75, 3.05) is 47.5 Å². The van der Waals surface area contributed by atoms with E-state index in [1.165, 1.54) is 4.90 Å².